The quantitative estimate of drug-likeness (QED) is 0.725. The van der Waals surface area contributed by atoms with Crippen molar-refractivity contribution in [3.8, 4) is 0 Å². The maximum Gasteiger partial charge on any atom is 0.259 e. The van der Waals surface area contributed by atoms with Gasteiger partial charge in [0.15, 0.2) is 5.13 Å². The predicted octanol–water partition coefficient (Wildman–Crippen LogP) is 4.92. The van der Waals surface area contributed by atoms with E-state index < -0.39 is 0 Å². The van der Waals surface area contributed by atoms with Crippen LogP contribution in [0, 0.1) is 0 Å². The molecule has 1 aromatic carbocycles. The number of nitrogens with zero attached hydrogens (tertiary/aromatic N) is 1. The Labute approximate surface area is 126 Å². The minimum absolute atomic E-state index is 0.299. The summed E-state index contributed by atoms with van der Waals surface area (Å²) in [4.78, 5) is 16.4. The standard InChI is InChI=1S/C12H6Cl2N2OS2/c13-9-5-6(10(14)19-9)11(17)16-12-15-7-3-1-2-4-8(7)18-12/h1-5H,(H,15,16,17). The third-order valence-electron chi connectivity index (χ3n) is 2.42. The zero-order valence-corrected chi connectivity index (χ0v) is 12.5. The molecule has 0 saturated heterocycles. The van der Waals surface area contributed by atoms with Gasteiger partial charge in [-0.1, -0.05) is 46.7 Å². The summed E-state index contributed by atoms with van der Waals surface area (Å²) in [6.07, 6.45) is 0. The summed E-state index contributed by atoms with van der Waals surface area (Å²) in [5.41, 5.74) is 1.23. The van der Waals surface area contributed by atoms with E-state index in [-0.39, 0.29) is 5.91 Å². The van der Waals surface area contributed by atoms with Gasteiger partial charge in [0.2, 0.25) is 0 Å². The van der Waals surface area contributed by atoms with E-state index >= 15 is 0 Å². The van der Waals surface area contributed by atoms with Gasteiger partial charge in [0.25, 0.3) is 5.91 Å². The highest BCUT2D eigenvalue weighted by molar-refractivity contribution is 7.22. The van der Waals surface area contributed by atoms with Crippen molar-refractivity contribution in [3.05, 3.63) is 44.6 Å². The Balaban J connectivity index is 1.88. The van der Waals surface area contributed by atoms with E-state index in [1.165, 1.54) is 22.7 Å². The number of nitrogens with one attached hydrogen (secondary N) is 1. The highest BCUT2D eigenvalue weighted by Crippen LogP contribution is 2.32. The number of fused-ring (bicyclic) bond motifs is 1. The molecule has 3 nitrogen and oxygen atoms in total. The number of benzene rings is 1. The van der Waals surface area contributed by atoms with Crippen molar-refractivity contribution in [2.45, 2.75) is 0 Å². The van der Waals surface area contributed by atoms with E-state index in [9.17, 15) is 4.79 Å². The third kappa shape index (κ3) is 2.60. The molecule has 96 valence electrons. The molecule has 0 bridgehead atoms. The zero-order valence-electron chi connectivity index (χ0n) is 9.31. The molecule has 0 radical (unpaired) electrons. The maximum absolute atomic E-state index is 12.0. The average Bonchev–Trinajstić information content (AvgIpc) is 2.91. The molecule has 1 amide bonds. The predicted molar refractivity (Wildman–Crippen MR) is 81.9 cm³/mol. The number of anilines is 1. The number of thiophene rings is 1. The first kappa shape index (κ1) is 12.9. The maximum atomic E-state index is 12.0. The van der Waals surface area contributed by atoms with Crippen LogP contribution < -0.4 is 5.32 Å². The average molecular weight is 329 g/mol. The number of aromatic nitrogens is 1. The van der Waals surface area contributed by atoms with Crippen LogP contribution in [-0.2, 0) is 0 Å². The lowest BCUT2D eigenvalue weighted by Gasteiger charge is -1.98. The van der Waals surface area contributed by atoms with Crippen molar-refractivity contribution in [2.75, 3.05) is 5.32 Å². The minimum atomic E-state index is -0.299. The Morgan fingerprint density at radius 2 is 2.00 bits per heavy atom. The molecule has 0 saturated carbocycles. The highest BCUT2D eigenvalue weighted by Gasteiger charge is 2.15. The molecule has 2 aromatic heterocycles. The largest absolute Gasteiger partial charge is 0.298 e. The number of rotatable bonds is 2. The number of thiazole rings is 1. The van der Waals surface area contributed by atoms with Gasteiger partial charge in [0.05, 0.1) is 20.1 Å². The lowest BCUT2D eigenvalue weighted by Crippen LogP contribution is -2.10. The van der Waals surface area contributed by atoms with Crippen LogP contribution in [0.1, 0.15) is 10.4 Å². The summed E-state index contributed by atoms with van der Waals surface area (Å²) in [6, 6.07) is 9.25. The smallest absolute Gasteiger partial charge is 0.259 e. The molecule has 0 atom stereocenters. The van der Waals surface area contributed by atoms with Gasteiger partial charge in [-0.2, -0.15) is 0 Å². The van der Waals surface area contributed by atoms with Crippen molar-refractivity contribution < 1.29 is 4.79 Å². The molecule has 0 aliphatic carbocycles. The van der Waals surface area contributed by atoms with E-state index in [4.69, 9.17) is 23.2 Å². The molecule has 19 heavy (non-hydrogen) atoms. The number of halogens is 2. The molecular formula is C12H6Cl2N2OS2. The van der Waals surface area contributed by atoms with E-state index in [1.807, 2.05) is 24.3 Å². The molecule has 3 rings (SSSR count). The molecule has 0 aliphatic rings. The first-order valence-electron chi connectivity index (χ1n) is 5.25. The van der Waals surface area contributed by atoms with Crippen LogP contribution >= 0.6 is 45.9 Å². The van der Waals surface area contributed by atoms with Crippen LogP contribution in [-0.4, -0.2) is 10.9 Å². The third-order valence-corrected chi connectivity index (χ3v) is 4.86. The highest BCUT2D eigenvalue weighted by atomic mass is 35.5. The van der Waals surface area contributed by atoms with Crippen LogP contribution in [0.25, 0.3) is 10.2 Å². The van der Waals surface area contributed by atoms with Crippen molar-refractivity contribution in [1.82, 2.24) is 4.98 Å². The second-order valence-corrected chi connectivity index (χ2v) is 6.99. The van der Waals surface area contributed by atoms with E-state index in [1.54, 1.807) is 6.07 Å². The molecule has 0 aliphatic heterocycles. The van der Waals surface area contributed by atoms with Gasteiger partial charge in [-0.05, 0) is 18.2 Å². The fourth-order valence-corrected chi connectivity index (χ4v) is 3.90. The Bertz CT molecular complexity index is 733. The Kier molecular flexibility index (Phi) is 3.45. The van der Waals surface area contributed by atoms with E-state index in [2.05, 4.69) is 10.3 Å². The summed E-state index contributed by atoms with van der Waals surface area (Å²) >= 11 is 14.3. The Morgan fingerprint density at radius 3 is 2.68 bits per heavy atom. The zero-order chi connectivity index (χ0) is 13.4. The van der Waals surface area contributed by atoms with Gasteiger partial charge in [-0.15, -0.1) is 11.3 Å². The topological polar surface area (TPSA) is 42.0 Å². The van der Waals surface area contributed by atoms with Crippen molar-refractivity contribution in [1.29, 1.82) is 0 Å². The van der Waals surface area contributed by atoms with Crippen molar-refractivity contribution in [3.63, 3.8) is 0 Å². The molecule has 3 aromatic rings. The van der Waals surface area contributed by atoms with Crippen LogP contribution in [0.15, 0.2) is 30.3 Å². The van der Waals surface area contributed by atoms with Crippen LogP contribution in [0.5, 0.6) is 0 Å². The lowest BCUT2D eigenvalue weighted by atomic mass is 10.3. The van der Waals surface area contributed by atoms with Crippen LogP contribution in [0.2, 0.25) is 8.67 Å². The minimum Gasteiger partial charge on any atom is -0.298 e. The number of amides is 1. The number of hydrogen-bond donors (Lipinski definition) is 1. The van der Waals surface area contributed by atoms with Crippen molar-refractivity contribution in [2.24, 2.45) is 0 Å². The fraction of sp³-hybridized carbons (Fsp3) is 0. The van der Waals surface area contributed by atoms with Gasteiger partial charge in [0, 0.05) is 0 Å². The van der Waals surface area contributed by atoms with Gasteiger partial charge >= 0.3 is 0 Å². The monoisotopic (exact) mass is 328 g/mol. The molecule has 2 heterocycles. The number of carbonyl (C=O) groups is 1. The van der Waals surface area contributed by atoms with Gasteiger partial charge < -0.3 is 0 Å². The summed E-state index contributed by atoms with van der Waals surface area (Å²) in [5, 5.41) is 3.28. The van der Waals surface area contributed by atoms with Gasteiger partial charge in [0.1, 0.15) is 4.34 Å². The summed E-state index contributed by atoms with van der Waals surface area (Å²) in [6.45, 7) is 0. The number of carbonyl (C=O) groups excluding carboxylic acids is 1. The van der Waals surface area contributed by atoms with Gasteiger partial charge in [-0.25, -0.2) is 4.98 Å². The van der Waals surface area contributed by atoms with Gasteiger partial charge in [-0.3, -0.25) is 10.1 Å². The first-order chi connectivity index (χ1) is 9.13. The summed E-state index contributed by atoms with van der Waals surface area (Å²) < 4.78 is 1.88. The second-order valence-electron chi connectivity index (χ2n) is 3.68. The SMILES string of the molecule is O=C(Nc1nc2ccccc2s1)c1cc(Cl)sc1Cl. The van der Waals surface area contributed by atoms with E-state index in [0.717, 1.165) is 10.2 Å². The lowest BCUT2D eigenvalue weighted by molar-refractivity contribution is 0.102. The van der Waals surface area contributed by atoms with Crippen LogP contribution in [0.4, 0.5) is 5.13 Å². The second kappa shape index (κ2) is 5.09. The van der Waals surface area contributed by atoms with Crippen molar-refractivity contribution >= 4 is 67.1 Å². The fourth-order valence-electron chi connectivity index (χ4n) is 1.59. The Morgan fingerprint density at radius 1 is 1.21 bits per heavy atom. The molecular weight excluding hydrogens is 323 g/mol. The molecule has 0 unspecified atom stereocenters. The molecule has 0 fully saturated rings. The number of para-hydroxylation sites is 1. The normalized spacial score (nSPS) is 10.8. The number of hydrogen-bond acceptors (Lipinski definition) is 4. The Hall–Kier alpha value is -1.14. The first-order valence-corrected chi connectivity index (χ1v) is 7.64. The van der Waals surface area contributed by atoms with E-state index in [0.29, 0.717) is 19.4 Å². The van der Waals surface area contributed by atoms with Crippen LogP contribution in [0.3, 0.4) is 0 Å². The summed E-state index contributed by atoms with van der Waals surface area (Å²) in [5.74, 6) is -0.299. The molecule has 7 heteroatoms. The summed E-state index contributed by atoms with van der Waals surface area (Å²) in [7, 11) is 0. The molecule has 0 spiro atoms. The molecule has 1 N–H and O–H groups in total.